The highest BCUT2D eigenvalue weighted by atomic mass is 35.5. The van der Waals surface area contributed by atoms with Crippen molar-refractivity contribution in [3.63, 3.8) is 0 Å². The van der Waals surface area contributed by atoms with Gasteiger partial charge in [0.05, 0.1) is 0 Å². The average Bonchev–Trinajstić information content (AvgIpc) is 2.77. The topological polar surface area (TPSA) is 29.0 Å². The molecule has 17 heavy (non-hydrogen) atoms. The van der Waals surface area contributed by atoms with Crippen LogP contribution in [0.1, 0.15) is 37.9 Å². The third kappa shape index (κ3) is 2.71. The summed E-state index contributed by atoms with van der Waals surface area (Å²) in [4.78, 5) is 11.2. The van der Waals surface area contributed by atoms with Crippen molar-refractivity contribution >= 4 is 17.4 Å². The summed E-state index contributed by atoms with van der Waals surface area (Å²) in [5.74, 6) is 1.84. The smallest absolute Gasteiger partial charge is 0.135 e. The summed E-state index contributed by atoms with van der Waals surface area (Å²) in [6, 6.07) is 0.456. The number of alkyl halides is 1. The maximum atomic E-state index is 5.80. The van der Waals surface area contributed by atoms with E-state index in [9.17, 15) is 0 Å². The lowest BCUT2D eigenvalue weighted by atomic mass is 10.2. The van der Waals surface area contributed by atoms with Crippen molar-refractivity contribution < 1.29 is 0 Å². The molecule has 1 heterocycles. The molecule has 0 N–H and O–H groups in total. The van der Waals surface area contributed by atoms with Gasteiger partial charge in [0.1, 0.15) is 12.1 Å². The summed E-state index contributed by atoms with van der Waals surface area (Å²) in [5, 5.41) is 0. The Labute approximate surface area is 108 Å². The van der Waals surface area contributed by atoms with E-state index in [1.165, 1.54) is 17.7 Å². The first kappa shape index (κ1) is 12.6. The predicted molar refractivity (Wildman–Crippen MR) is 71.9 cm³/mol. The van der Waals surface area contributed by atoms with Crippen LogP contribution < -0.4 is 4.90 Å². The Kier molecular flexibility index (Phi) is 4.21. The largest absolute Gasteiger partial charge is 0.354 e. The molecule has 2 rings (SSSR count). The summed E-state index contributed by atoms with van der Waals surface area (Å²) in [7, 11) is 0. The molecule has 0 saturated heterocycles. The minimum atomic E-state index is 0.456. The van der Waals surface area contributed by atoms with E-state index >= 15 is 0 Å². The van der Waals surface area contributed by atoms with Crippen LogP contribution in [0.4, 0.5) is 5.82 Å². The zero-order valence-electron chi connectivity index (χ0n) is 10.6. The van der Waals surface area contributed by atoms with Crippen LogP contribution in [-0.2, 0) is 12.8 Å². The molecule has 1 aliphatic carbocycles. The van der Waals surface area contributed by atoms with Gasteiger partial charge in [0.25, 0.3) is 0 Å². The van der Waals surface area contributed by atoms with Gasteiger partial charge in [0, 0.05) is 29.7 Å². The number of anilines is 1. The fourth-order valence-electron chi connectivity index (χ4n) is 2.43. The van der Waals surface area contributed by atoms with Crippen molar-refractivity contribution in [2.75, 3.05) is 17.3 Å². The van der Waals surface area contributed by atoms with Gasteiger partial charge in [-0.05, 0) is 39.5 Å². The van der Waals surface area contributed by atoms with Crippen LogP contribution in [0.3, 0.4) is 0 Å². The summed E-state index contributed by atoms with van der Waals surface area (Å²) in [6.45, 7) is 5.39. The molecule has 0 aromatic carbocycles. The third-order valence-electron chi connectivity index (χ3n) is 3.28. The molecule has 1 aromatic heterocycles. The van der Waals surface area contributed by atoms with Gasteiger partial charge in [0.2, 0.25) is 0 Å². The van der Waals surface area contributed by atoms with Gasteiger partial charge in [-0.1, -0.05) is 0 Å². The highest BCUT2D eigenvalue weighted by molar-refractivity contribution is 6.17. The predicted octanol–water partition coefficient (Wildman–Crippen LogP) is 2.81. The van der Waals surface area contributed by atoms with Gasteiger partial charge in [-0.2, -0.15) is 0 Å². The molecule has 0 aliphatic heterocycles. The molecule has 0 unspecified atom stereocenters. The molecule has 0 radical (unpaired) electrons. The molecule has 3 nitrogen and oxygen atoms in total. The Bertz CT molecular complexity index is 379. The second kappa shape index (κ2) is 5.67. The van der Waals surface area contributed by atoms with Crippen LogP contribution in [0.25, 0.3) is 0 Å². The zero-order valence-corrected chi connectivity index (χ0v) is 11.4. The van der Waals surface area contributed by atoms with Crippen LogP contribution in [0.2, 0.25) is 0 Å². The molecule has 0 spiro atoms. The average molecular weight is 254 g/mol. The molecular weight excluding hydrogens is 234 g/mol. The minimum Gasteiger partial charge on any atom is -0.354 e. The Balaban J connectivity index is 2.26. The molecule has 0 atom stereocenters. The van der Waals surface area contributed by atoms with Crippen molar-refractivity contribution in [1.29, 1.82) is 0 Å². The second-order valence-electron chi connectivity index (χ2n) is 4.81. The number of hydrogen-bond donors (Lipinski definition) is 0. The van der Waals surface area contributed by atoms with E-state index in [1.54, 1.807) is 6.33 Å². The van der Waals surface area contributed by atoms with E-state index < -0.39 is 0 Å². The standard InChI is InChI=1S/C13H20ClN3/c1-10(2)17(8-4-7-14)13-11-5-3-6-12(11)15-9-16-13/h9-10H,3-8H2,1-2H3. The molecule has 0 amide bonds. The second-order valence-corrected chi connectivity index (χ2v) is 5.18. The van der Waals surface area contributed by atoms with E-state index in [-0.39, 0.29) is 0 Å². The maximum absolute atomic E-state index is 5.80. The maximum Gasteiger partial charge on any atom is 0.135 e. The highest BCUT2D eigenvalue weighted by Crippen LogP contribution is 2.28. The Morgan fingerprint density at radius 2 is 2.18 bits per heavy atom. The first-order valence-electron chi connectivity index (χ1n) is 6.39. The van der Waals surface area contributed by atoms with Crippen molar-refractivity contribution in [3.8, 4) is 0 Å². The fourth-order valence-corrected chi connectivity index (χ4v) is 2.55. The van der Waals surface area contributed by atoms with E-state index in [2.05, 4.69) is 28.7 Å². The van der Waals surface area contributed by atoms with Gasteiger partial charge in [-0.3, -0.25) is 0 Å². The summed E-state index contributed by atoms with van der Waals surface area (Å²) >= 11 is 5.80. The van der Waals surface area contributed by atoms with Crippen molar-refractivity contribution in [2.24, 2.45) is 0 Å². The van der Waals surface area contributed by atoms with E-state index in [0.29, 0.717) is 11.9 Å². The number of aromatic nitrogens is 2. The number of aryl methyl sites for hydroxylation is 1. The Morgan fingerprint density at radius 3 is 2.88 bits per heavy atom. The third-order valence-corrected chi connectivity index (χ3v) is 3.55. The zero-order chi connectivity index (χ0) is 12.3. The quantitative estimate of drug-likeness (QED) is 0.756. The van der Waals surface area contributed by atoms with Gasteiger partial charge < -0.3 is 4.90 Å². The van der Waals surface area contributed by atoms with Crippen molar-refractivity contribution in [2.45, 2.75) is 45.6 Å². The van der Waals surface area contributed by atoms with Gasteiger partial charge >= 0.3 is 0 Å². The number of halogens is 1. The van der Waals surface area contributed by atoms with Gasteiger partial charge in [0.15, 0.2) is 0 Å². The number of nitrogens with zero attached hydrogens (tertiary/aromatic N) is 3. The van der Waals surface area contributed by atoms with Crippen LogP contribution in [0, 0.1) is 0 Å². The normalized spacial score (nSPS) is 14.1. The first-order valence-corrected chi connectivity index (χ1v) is 6.93. The summed E-state index contributed by atoms with van der Waals surface area (Å²) in [5.41, 5.74) is 2.60. The molecule has 1 aromatic rings. The lowest BCUT2D eigenvalue weighted by Crippen LogP contribution is -2.33. The van der Waals surface area contributed by atoms with Crippen LogP contribution >= 0.6 is 11.6 Å². The van der Waals surface area contributed by atoms with Crippen LogP contribution in [0.5, 0.6) is 0 Å². The Morgan fingerprint density at radius 1 is 1.35 bits per heavy atom. The SMILES string of the molecule is CC(C)N(CCCCl)c1ncnc2c1CCC2. The molecule has 4 heteroatoms. The van der Waals surface area contributed by atoms with Crippen molar-refractivity contribution in [3.05, 3.63) is 17.6 Å². The summed E-state index contributed by atoms with van der Waals surface area (Å²) < 4.78 is 0. The lowest BCUT2D eigenvalue weighted by molar-refractivity contribution is 0.658. The first-order chi connectivity index (χ1) is 8.24. The van der Waals surface area contributed by atoms with Crippen LogP contribution in [0.15, 0.2) is 6.33 Å². The van der Waals surface area contributed by atoms with Gasteiger partial charge in [-0.15, -0.1) is 11.6 Å². The Hall–Kier alpha value is -0.830. The fraction of sp³-hybridized carbons (Fsp3) is 0.692. The van der Waals surface area contributed by atoms with E-state index in [0.717, 1.165) is 31.6 Å². The molecular formula is C13H20ClN3. The molecule has 94 valence electrons. The van der Waals surface area contributed by atoms with Gasteiger partial charge in [-0.25, -0.2) is 9.97 Å². The monoisotopic (exact) mass is 253 g/mol. The van der Waals surface area contributed by atoms with E-state index in [1.807, 2.05) is 0 Å². The van der Waals surface area contributed by atoms with Crippen LogP contribution in [-0.4, -0.2) is 28.4 Å². The highest BCUT2D eigenvalue weighted by Gasteiger charge is 2.22. The molecule has 0 bridgehead atoms. The van der Waals surface area contributed by atoms with Crippen molar-refractivity contribution in [1.82, 2.24) is 9.97 Å². The minimum absolute atomic E-state index is 0.456. The number of hydrogen-bond acceptors (Lipinski definition) is 3. The number of fused-ring (bicyclic) bond motifs is 1. The number of rotatable bonds is 5. The summed E-state index contributed by atoms with van der Waals surface area (Å²) in [6.07, 6.45) is 6.14. The molecule has 0 fully saturated rings. The molecule has 1 aliphatic rings. The molecule has 0 saturated carbocycles. The van der Waals surface area contributed by atoms with E-state index in [4.69, 9.17) is 11.6 Å². The lowest BCUT2D eigenvalue weighted by Gasteiger charge is -2.29.